The van der Waals surface area contributed by atoms with Crippen LogP contribution < -0.4 is 16.0 Å². The van der Waals surface area contributed by atoms with Gasteiger partial charge in [-0.25, -0.2) is 4.98 Å². The van der Waals surface area contributed by atoms with Crippen molar-refractivity contribution in [3.63, 3.8) is 0 Å². The molecule has 0 saturated carbocycles. The van der Waals surface area contributed by atoms with Gasteiger partial charge in [0.2, 0.25) is 0 Å². The van der Waals surface area contributed by atoms with E-state index in [0.717, 1.165) is 5.56 Å². The minimum atomic E-state index is -0.358. The molecule has 2 rings (SSSR count). The SMILES string of the molecule is CC(C)(C)n1ccnc(Oc2cc(Cl)ccc2CN)c1=O. The monoisotopic (exact) mass is 307 g/mol. The lowest BCUT2D eigenvalue weighted by Crippen LogP contribution is -2.34. The van der Waals surface area contributed by atoms with E-state index in [4.69, 9.17) is 22.1 Å². The first-order valence-electron chi connectivity index (χ1n) is 6.57. The molecule has 1 aromatic heterocycles. The van der Waals surface area contributed by atoms with Crippen LogP contribution in [0.1, 0.15) is 26.3 Å². The van der Waals surface area contributed by atoms with Gasteiger partial charge in [0.25, 0.3) is 5.88 Å². The van der Waals surface area contributed by atoms with Crippen LogP contribution in [0.15, 0.2) is 35.4 Å². The van der Waals surface area contributed by atoms with Gasteiger partial charge in [0.1, 0.15) is 5.75 Å². The van der Waals surface area contributed by atoms with E-state index in [0.29, 0.717) is 10.8 Å². The first-order chi connectivity index (χ1) is 9.82. The fraction of sp³-hybridized carbons (Fsp3) is 0.333. The highest BCUT2D eigenvalue weighted by atomic mass is 35.5. The Morgan fingerprint density at radius 3 is 2.71 bits per heavy atom. The number of nitrogens with zero attached hydrogens (tertiary/aromatic N) is 2. The highest BCUT2D eigenvalue weighted by molar-refractivity contribution is 6.30. The van der Waals surface area contributed by atoms with Crippen molar-refractivity contribution in [2.24, 2.45) is 5.73 Å². The molecule has 0 amide bonds. The summed E-state index contributed by atoms with van der Waals surface area (Å²) in [7, 11) is 0. The Bertz CT molecular complexity index is 705. The second-order valence-electron chi connectivity index (χ2n) is 5.64. The van der Waals surface area contributed by atoms with Crippen molar-refractivity contribution in [2.45, 2.75) is 32.9 Å². The maximum absolute atomic E-state index is 12.4. The quantitative estimate of drug-likeness (QED) is 0.946. The summed E-state index contributed by atoms with van der Waals surface area (Å²) in [5, 5.41) is 0.509. The Hall–Kier alpha value is -1.85. The molecule has 2 aromatic rings. The van der Waals surface area contributed by atoms with E-state index in [2.05, 4.69) is 4.98 Å². The zero-order valence-corrected chi connectivity index (χ0v) is 13.0. The fourth-order valence-electron chi connectivity index (χ4n) is 1.89. The summed E-state index contributed by atoms with van der Waals surface area (Å²) in [6, 6.07) is 5.12. The lowest BCUT2D eigenvalue weighted by atomic mass is 10.1. The molecule has 0 aliphatic carbocycles. The van der Waals surface area contributed by atoms with E-state index in [1.165, 1.54) is 6.20 Å². The first kappa shape index (κ1) is 15.5. The summed E-state index contributed by atoms with van der Waals surface area (Å²) in [6.45, 7) is 6.08. The molecule has 1 aromatic carbocycles. The summed E-state index contributed by atoms with van der Waals surface area (Å²) in [6.07, 6.45) is 3.17. The predicted molar refractivity (Wildman–Crippen MR) is 82.9 cm³/mol. The van der Waals surface area contributed by atoms with Crippen LogP contribution in [-0.4, -0.2) is 9.55 Å². The average molecular weight is 308 g/mol. The Morgan fingerprint density at radius 2 is 2.10 bits per heavy atom. The molecule has 6 heteroatoms. The molecule has 0 radical (unpaired) electrons. The highest BCUT2D eigenvalue weighted by Gasteiger charge is 2.18. The third-order valence-electron chi connectivity index (χ3n) is 2.99. The van der Waals surface area contributed by atoms with Gasteiger partial charge < -0.3 is 15.0 Å². The maximum Gasteiger partial charge on any atom is 0.314 e. The van der Waals surface area contributed by atoms with Crippen LogP contribution in [0.2, 0.25) is 5.02 Å². The Kier molecular flexibility index (Phi) is 4.34. The third kappa shape index (κ3) is 3.43. The molecular formula is C15H18ClN3O2. The standard InChI is InChI=1S/C15H18ClN3O2/c1-15(2,3)19-7-6-18-13(14(19)20)21-12-8-11(16)5-4-10(12)9-17/h4-8H,9,17H2,1-3H3. The molecule has 0 aliphatic rings. The zero-order valence-electron chi connectivity index (χ0n) is 12.3. The minimum absolute atomic E-state index is 0.00407. The zero-order chi connectivity index (χ0) is 15.6. The minimum Gasteiger partial charge on any atom is -0.434 e. The van der Waals surface area contributed by atoms with Gasteiger partial charge in [-0.2, -0.15) is 0 Å². The summed E-state index contributed by atoms with van der Waals surface area (Å²) in [4.78, 5) is 16.4. The van der Waals surface area contributed by atoms with Crippen molar-refractivity contribution >= 4 is 11.6 Å². The van der Waals surface area contributed by atoms with Gasteiger partial charge in [-0.3, -0.25) is 4.79 Å². The van der Waals surface area contributed by atoms with Crippen LogP contribution in [0.25, 0.3) is 0 Å². The lowest BCUT2D eigenvalue weighted by molar-refractivity contribution is 0.362. The van der Waals surface area contributed by atoms with Crippen LogP contribution >= 0.6 is 11.6 Å². The van der Waals surface area contributed by atoms with Gasteiger partial charge in [0.05, 0.1) is 0 Å². The molecule has 2 N–H and O–H groups in total. The average Bonchev–Trinajstić information content (AvgIpc) is 2.40. The van der Waals surface area contributed by atoms with Gasteiger partial charge in [0.15, 0.2) is 0 Å². The number of rotatable bonds is 3. The summed E-state index contributed by atoms with van der Waals surface area (Å²) in [5.41, 5.74) is 5.76. The van der Waals surface area contributed by atoms with Crippen LogP contribution in [0.3, 0.4) is 0 Å². The Labute approximate surface area is 128 Å². The number of aromatic nitrogens is 2. The van der Waals surface area contributed by atoms with Crippen LogP contribution in [0.5, 0.6) is 11.6 Å². The first-order valence-corrected chi connectivity index (χ1v) is 6.95. The molecule has 0 fully saturated rings. The molecule has 0 spiro atoms. The number of halogens is 1. The van der Waals surface area contributed by atoms with Crippen molar-refractivity contribution in [3.8, 4) is 11.6 Å². The molecule has 5 nitrogen and oxygen atoms in total. The summed E-state index contributed by atoms with van der Waals surface area (Å²) < 4.78 is 7.21. The molecule has 0 bridgehead atoms. The van der Waals surface area contributed by atoms with E-state index >= 15 is 0 Å². The van der Waals surface area contributed by atoms with Crippen molar-refractivity contribution in [3.05, 3.63) is 51.5 Å². The Morgan fingerprint density at radius 1 is 1.38 bits per heavy atom. The largest absolute Gasteiger partial charge is 0.434 e. The van der Waals surface area contributed by atoms with Crippen LogP contribution in [0.4, 0.5) is 0 Å². The summed E-state index contributed by atoms with van der Waals surface area (Å²) >= 11 is 5.96. The van der Waals surface area contributed by atoms with Gasteiger partial charge in [0, 0.05) is 35.1 Å². The molecule has 21 heavy (non-hydrogen) atoms. The lowest BCUT2D eigenvalue weighted by Gasteiger charge is -2.22. The smallest absolute Gasteiger partial charge is 0.314 e. The van der Waals surface area contributed by atoms with Crippen molar-refractivity contribution in [2.75, 3.05) is 0 Å². The number of nitrogens with two attached hydrogens (primary N) is 1. The van der Waals surface area contributed by atoms with Crippen molar-refractivity contribution in [1.82, 2.24) is 9.55 Å². The van der Waals surface area contributed by atoms with E-state index in [1.54, 1.807) is 29.0 Å². The second-order valence-corrected chi connectivity index (χ2v) is 6.07. The number of hydrogen-bond donors (Lipinski definition) is 1. The maximum atomic E-state index is 12.4. The van der Waals surface area contributed by atoms with Gasteiger partial charge in [-0.05, 0) is 32.9 Å². The molecule has 0 unspecified atom stereocenters. The van der Waals surface area contributed by atoms with E-state index in [-0.39, 0.29) is 23.5 Å². The van der Waals surface area contributed by atoms with Crippen LogP contribution in [-0.2, 0) is 12.1 Å². The molecular weight excluding hydrogens is 290 g/mol. The van der Waals surface area contributed by atoms with Crippen molar-refractivity contribution in [1.29, 1.82) is 0 Å². The third-order valence-corrected chi connectivity index (χ3v) is 3.22. The fourth-order valence-corrected chi connectivity index (χ4v) is 2.05. The molecule has 1 heterocycles. The van der Waals surface area contributed by atoms with Gasteiger partial charge in [-0.15, -0.1) is 0 Å². The normalized spacial score (nSPS) is 11.5. The molecule has 0 aliphatic heterocycles. The number of hydrogen-bond acceptors (Lipinski definition) is 4. The number of ether oxygens (including phenoxy) is 1. The van der Waals surface area contributed by atoms with Crippen LogP contribution in [0, 0.1) is 0 Å². The predicted octanol–water partition coefficient (Wildman–Crippen LogP) is 2.90. The van der Waals surface area contributed by atoms with E-state index in [9.17, 15) is 4.79 Å². The van der Waals surface area contributed by atoms with E-state index < -0.39 is 0 Å². The second kappa shape index (κ2) is 5.87. The van der Waals surface area contributed by atoms with E-state index in [1.807, 2.05) is 20.8 Å². The Balaban J connectivity index is 2.46. The molecule has 0 atom stereocenters. The number of benzene rings is 1. The summed E-state index contributed by atoms with van der Waals surface area (Å²) in [5.74, 6) is 0.450. The van der Waals surface area contributed by atoms with Crippen molar-refractivity contribution < 1.29 is 4.74 Å². The van der Waals surface area contributed by atoms with Gasteiger partial charge in [-0.1, -0.05) is 17.7 Å². The topological polar surface area (TPSA) is 70.1 Å². The highest BCUT2D eigenvalue weighted by Crippen LogP contribution is 2.26. The molecule has 0 saturated heterocycles. The molecule has 112 valence electrons. The van der Waals surface area contributed by atoms with Gasteiger partial charge >= 0.3 is 5.56 Å².